The first-order valence-corrected chi connectivity index (χ1v) is 2.52. The van der Waals surface area contributed by atoms with Crippen LogP contribution in [0.5, 0.6) is 0 Å². The maximum atomic E-state index is 9.10. The fourth-order valence-electron chi connectivity index (χ4n) is 0. The summed E-state index contributed by atoms with van der Waals surface area (Å²) in [5.74, 6) is 0. The van der Waals surface area contributed by atoms with Crippen LogP contribution in [0.4, 0.5) is 0 Å². The molecule has 0 aliphatic carbocycles. The number of nitrogens with two attached hydrogens (primary N) is 1. The molecule has 0 radical (unpaired) electrons. The normalized spacial score (nSPS) is 9.83. The molecule has 0 bridgehead atoms. The Hall–Kier alpha value is 1.37. The third-order valence-electron chi connectivity index (χ3n) is 0. The molecular weight excluding hydrogens is 133 g/mol. The topological polar surface area (TPSA) is 83.6 Å². The molecule has 0 aliphatic heterocycles. The Morgan fingerprint density at radius 2 is 1.50 bits per heavy atom. The third kappa shape index (κ3) is 54.6. The van der Waals surface area contributed by atoms with Crippen molar-refractivity contribution in [2.75, 3.05) is 0 Å². The van der Waals surface area contributed by atoms with Crippen LogP contribution in [0.15, 0.2) is 0 Å². The summed E-state index contributed by atoms with van der Waals surface area (Å²) in [4.78, 5) is 14.8. The summed E-state index contributed by atoms with van der Waals surface area (Å²) in [6.45, 7) is 0. The van der Waals surface area contributed by atoms with E-state index in [9.17, 15) is 0 Å². The fraction of sp³-hybridized carbons (Fsp3) is 0. The molecule has 0 aromatic rings. The molecule has 6 heteroatoms. The molecule has 0 amide bonds. The molecule has 0 saturated carbocycles. The van der Waals surface area contributed by atoms with Crippen molar-refractivity contribution in [3.05, 3.63) is 0 Å². The summed E-state index contributed by atoms with van der Waals surface area (Å²) in [7, 11) is -4.14. The second kappa shape index (κ2) is 3.38. The predicted molar refractivity (Wildman–Crippen MR) is 24.8 cm³/mol. The molecule has 0 aliphatic rings. The van der Waals surface area contributed by atoms with Gasteiger partial charge >= 0.3 is 45.5 Å². The first-order valence-electron chi connectivity index (χ1n) is 0.841. The van der Waals surface area contributed by atoms with E-state index in [0.29, 0.717) is 0 Å². The zero-order valence-electron chi connectivity index (χ0n) is 2.33. The first kappa shape index (κ1) is 10.4. The van der Waals surface area contributed by atoms with Crippen molar-refractivity contribution < 1.29 is 14.4 Å². The van der Waals surface area contributed by atoms with E-state index in [1.54, 1.807) is 0 Å². The van der Waals surface area contributed by atoms with Gasteiger partial charge < -0.3 is 9.79 Å². The quantitative estimate of drug-likeness (QED) is 0.271. The Labute approximate surface area is 64.9 Å². The molecule has 0 heterocycles. The Morgan fingerprint density at radius 1 is 1.50 bits per heavy atom. The van der Waals surface area contributed by atoms with E-state index >= 15 is 0 Å². The van der Waals surface area contributed by atoms with Gasteiger partial charge in [-0.2, -0.15) is 0 Å². The van der Waals surface area contributed by atoms with Crippen LogP contribution < -0.4 is 5.50 Å². The molecule has 0 atom stereocenters. The van der Waals surface area contributed by atoms with Crippen molar-refractivity contribution in [3.63, 3.8) is 0 Å². The Balaban J connectivity index is 0. The number of hydrogen-bond acceptors (Lipinski definition) is 1. The van der Waals surface area contributed by atoms with Gasteiger partial charge in [-0.3, -0.25) is 0 Å². The van der Waals surface area contributed by atoms with E-state index < -0.39 is 7.75 Å². The van der Waals surface area contributed by atoms with E-state index in [2.05, 4.69) is 5.50 Å². The summed E-state index contributed by atoms with van der Waals surface area (Å²) in [6, 6.07) is 0. The van der Waals surface area contributed by atoms with E-state index in [4.69, 9.17) is 14.4 Å². The third-order valence-corrected chi connectivity index (χ3v) is 0. The first-order chi connectivity index (χ1) is 2.00. The van der Waals surface area contributed by atoms with Crippen molar-refractivity contribution in [1.82, 2.24) is 0 Å². The van der Waals surface area contributed by atoms with Gasteiger partial charge in [0.1, 0.15) is 0 Å². The standard InChI is InChI=1S/Ca.H4NO3P.2H/c;1-5(2,3)4;;/h;(H4,1,2,3,4);;. The summed E-state index contributed by atoms with van der Waals surface area (Å²) in [5.41, 5.74) is 4.02. The van der Waals surface area contributed by atoms with Crippen LogP contribution in [0.2, 0.25) is 0 Å². The molecule has 4 nitrogen and oxygen atoms in total. The van der Waals surface area contributed by atoms with Gasteiger partial charge in [-0.15, -0.1) is 0 Å². The van der Waals surface area contributed by atoms with Gasteiger partial charge in [0, 0.05) is 0 Å². The number of rotatable bonds is 0. The maximum absolute atomic E-state index is 9.10. The van der Waals surface area contributed by atoms with Crippen molar-refractivity contribution >= 4 is 45.5 Å². The van der Waals surface area contributed by atoms with Crippen molar-refractivity contribution in [1.29, 1.82) is 0 Å². The Bertz CT molecular complexity index is 56.9. The van der Waals surface area contributed by atoms with Crippen LogP contribution in [-0.4, -0.2) is 47.5 Å². The minimum atomic E-state index is -4.14. The monoisotopic (exact) mass is 139 g/mol. The molecule has 0 spiro atoms. The van der Waals surface area contributed by atoms with Crippen LogP contribution in [0.1, 0.15) is 0 Å². The molecule has 6 heavy (non-hydrogen) atoms. The van der Waals surface area contributed by atoms with Crippen molar-refractivity contribution in [2.45, 2.75) is 0 Å². The van der Waals surface area contributed by atoms with Crippen LogP contribution in [0.3, 0.4) is 0 Å². The second-order valence-electron chi connectivity index (χ2n) is 0.589. The fourth-order valence-corrected chi connectivity index (χ4v) is 0. The SMILES string of the molecule is NP(=O)(O)O.[CaH2]. The second-order valence-corrected chi connectivity index (χ2v) is 1.77. The molecule has 4 N–H and O–H groups in total. The Morgan fingerprint density at radius 3 is 1.50 bits per heavy atom. The van der Waals surface area contributed by atoms with E-state index in [1.807, 2.05) is 0 Å². The summed E-state index contributed by atoms with van der Waals surface area (Å²) < 4.78 is 9.10. The van der Waals surface area contributed by atoms with Gasteiger partial charge in [0.2, 0.25) is 0 Å². The van der Waals surface area contributed by atoms with E-state index in [-0.39, 0.29) is 37.7 Å². The summed E-state index contributed by atoms with van der Waals surface area (Å²) in [5, 5.41) is 0. The molecule has 0 unspecified atom stereocenters. The van der Waals surface area contributed by atoms with Crippen molar-refractivity contribution in [2.24, 2.45) is 5.50 Å². The average Bonchev–Trinajstić information content (AvgIpc) is 0.722. The molecule has 0 saturated heterocycles. The zero-order chi connectivity index (χ0) is 4.50. The molecule has 0 aromatic heterocycles. The van der Waals surface area contributed by atoms with Gasteiger partial charge in [-0.1, -0.05) is 0 Å². The van der Waals surface area contributed by atoms with Crippen LogP contribution in [0, 0.1) is 0 Å². The Kier molecular flexibility index (Phi) is 5.84. The molecule has 0 rings (SSSR count). The molecule has 0 fully saturated rings. The molecule has 0 aromatic carbocycles. The molecular formula is H6CaNO3P. The van der Waals surface area contributed by atoms with Gasteiger partial charge in [0.05, 0.1) is 0 Å². The van der Waals surface area contributed by atoms with Crippen molar-refractivity contribution in [3.8, 4) is 0 Å². The van der Waals surface area contributed by atoms with E-state index in [0.717, 1.165) is 0 Å². The van der Waals surface area contributed by atoms with Gasteiger partial charge in [-0.05, 0) is 0 Å². The molecule has 36 valence electrons. The summed E-state index contributed by atoms with van der Waals surface area (Å²) >= 11 is 0. The number of hydrogen-bond donors (Lipinski definition) is 3. The van der Waals surface area contributed by atoms with Gasteiger partial charge in [0.15, 0.2) is 0 Å². The van der Waals surface area contributed by atoms with Gasteiger partial charge in [-0.25, -0.2) is 10.1 Å². The van der Waals surface area contributed by atoms with Crippen LogP contribution in [0.25, 0.3) is 0 Å². The average molecular weight is 139 g/mol. The van der Waals surface area contributed by atoms with Crippen LogP contribution in [-0.2, 0) is 4.57 Å². The zero-order valence-corrected chi connectivity index (χ0v) is 3.22. The van der Waals surface area contributed by atoms with Crippen LogP contribution >= 0.6 is 7.75 Å². The van der Waals surface area contributed by atoms with Gasteiger partial charge in [0.25, 0.3) is 0 Å². The minimum absolute atomic E-state index is 0. The van der Waals surface area contributed by atoms with E-state index in [1.165, 1.54) is 0 Å². The predicted octanol–water partition coefficient (Wildman–Crippen LogP) is -1.88. The summed E-state index contributed by atoms with van der Waals surface area (Å²) in [6.07, 6.45) is 0.